The second-order valence-corrected chi connectivity index (χ2v) is 8.52. The van der Waals surface area contributed by atoms with Crippen molar-refractivity contribution in [3.8, 4) is 0 Å². The van der Waals surface area contributed by atoms with E-state index in [1.807, 2.05) is 44.2 Å². The number of thioether (sulfide) groups is 1. The number of benzene rings is 2. The highest BCUT2D eigenvalue weighted by molar-refractivity contribution is 8.13. The Morgan fingerprint density at radius 1 is 1.03 bits per heavy atom. The molecule has 154 valence electrons. The van der Waals surface area contributed by atoms with Crippen molar-refractivity contribution < 1.29 is 19.5 Å². The number of carbonyl (C=O) groups is 3. The van der Waals surface area contributed by atoms with Crippen molar-refractivity contribution in [1.82, 2.24) is 0 Å². The van der Waals surface area contributed by atoms with E-state index < -0.39 is 11.9 Å². The van der Waals surface area contributed by atoms with E-state index in [1.165, 1.54) is 17.8 Å². The average Bonchev–Trinajstić information content (AvgIpc) is 2.66. The highest BCUT2D eigenvalue weighted by Crippen LogP contribution is 2.23. The van der Waals surface area contributed by atoms with Crippen molar-refractivity contribution in [2.75, 3.05) is 11.1 Å². The first-order valence-corrected chi connectivity index (χ1v) is 10.6. The third kappa shape index (κ3) is 7.06. The molecule has 5 nitrogen and oxygen atoms in total. The molecule has 1 unspecified atom stereocenters. The summed E-state index contributed by atoms with van der Waals surface area (Å²) in [7, 11) is 0. The summed E-state index contributed by atoms with van der Waals surface area (Å²) in [5.74, 6) is -1.01. The minimum atomic E-state index is -1.03. The lowest BCUT2D eigenvalue weighted by molar-refractivity contribution is -0.119. The van der Waals surface area contributed by atoms with E-state index in [4.69, 9.17) is 0 Å². The number of hydrogen-bond acceptors (Lipinski definition) is 4. The van der Waals surface area contributed by atoms with E-state index in [0.717, 1.165) is 5.56 Å². The Bertz CT molecular complexity index is 864. The first-order chi connectivity index (χ1) is 13.8. The van der Waals surface area contributed by atoms with Gasteiger partial charge < -0.3 is 10.4 Å². The van der Waals surface area contributed by atoms with Gasteiger partial charge in [-0.15, -0.1) is 0 Å². The fourth-order valence-electron chi connectivity index (χ4n) is 2.95. The fraction of sp³-hybridized carbons (Fsp3) is 0.348. The summed E-state index contributed by atoms with van der Waals surface area (Å²) in [4.78, 5) is 36.5. The molecule has 2 aromatic rings. The number of amides is 1. The molecule has 1 atom stereocenters. The lowest BCUT2D eigenvalue weighted by Gasteiger charge is -2.18. The lowest BCUT2D eigenvalue weighted by Crippen LogP contribution is -2.27. The van der Waals surface area contributed by atoms with Crippen molar-refractivity contribution in [2.24, 2.45) is 11.8 Å². The number of nitrogens with one attached hydrogen (secondary N) is 1. The smallest absolute Gasteiger partial charge is 0.336 e. The van der Waals surface area contributed by atoms with Crippen LogP contribution in [0.1, 0.15) is 41.8 Å². The Labute approximate surface area is 175 Å². The summed E-state index contributed by atoms with van der Waals surface area (Å²) in [6.07, 6.45) is 0.983. The van der Waals surface area contributed by atoms with Gasteiger partial charge in [-0.05, 0) is 42.5 Å². The molecule has 6 heteroatoms. The molecular weight excluding hydrogens is 386 g/mol. The minimum Gasteiger partial charge on any atom is -0.478 e. The van der Waals surface area contributed by atoms with Crippen LogP contribution in [0.5, 0.6) is 0 Å². The SMILES string of the molecule is Cc1c(NC(=O)C(CSC(=O)CC(C)C)Cc2ccccc2)cccc1C(=O)O. The number of carbonyl (C=O) groups excluding carboxylic acids is 2. The van der Waals surface area contributed by atoms with Crippen LogP contribution in [0.15, 0.2) is 48.5 Å². The summed E-state index contributed by atoms with van der Waals surface area (Å²) in [6, 6.07) is 14.5. The van der Waals surface area contributed by atoms with Crippen LogP contribution in [0.3, 0.4) is 0 Å². The zero-order valence-corrected chi connectivity index (χ0v) is 17.8. The number of aromatic carboxylic acids is 1. The third-order valence-electron chi connectivity index (χ3n) is 4.54. The molecule has 0 radical (unpaired) electrons. The van der Waals surface area contributed by atoms with Crippen molar-refractivity contribution in [3.63, 3.8) is 0 Å². The van der Waals surface area contributed by atoms with E-state index in [1.54, 1.807) is 19.1 Å². The van der Waals surface area contributed by atoms with Gasteiger partial charge in [0, 0.05) is 17.9 Å². The van der Waals surface area contributed by atoms with Gasteiger partial charge in [-0.3, -0.25) is 9.59 Å². The highest BCUT2D eigenvalue weighted by atomic mass is 32.2. The maximum absolute atomic E-state index is 13.0. The lowest BCUT2D eigenvalue weighted by atomic mass is 9.99. The molecule has 2 aromatic carbocycles. The van der Waals surface area contributed by atoms with E-state index in [-0.39, 0.29) is 22.5 Å². The van der Waals surface area contributed by atoms with Gasteiger partial charge >= 0.3 is 5.97 Å². The molecule has 0 spiro atoms. The van der Waals surface area contributed by atoms with Gasteiger partial charge in [0.25, 0.3) is 0 Å². The van der Waals surface area contributed by atoms with Crippen LogP contribution < -0.4 is 5.32 Å². The van der Waals surface area contributed by atoms with Gasteiger partial charge in [0.2, 0.25) is 5.91 Å². The van der Waals surface area contributed by atoms with Gasteiger partial charge in [0.05, 0.1) is 11.5 Å². The summed E-state index contributed by atoms with van der Waals surface area (Å²) in [5, 5.41) is 12.2. The molecule has 0 bridgehead atoms. The van der Waals surface area contributed by atoms with Gasteiger partial charge in [0.1, 0.15) is 0 Å². The molecule has 2 N–H and O–H groups in total. The number of rotatable bonds is 9. The molecule has 0 heterocycles. The summed E-state index contributed by atoms with van der Waals surface area (Å²) in [5.41, 5.74) is 2.16. The summed E-state index contributed by atoms with van der Waals surface area (Å²) < 4.78 is 0. The Morgan fingerprint density at radius 2 is 1.72 bits per heavy atom. The molecule has 0 saturated carbocycles. The van der Waals surface area contributed by atoms with Crippen molar-refractivity contribution >= 4 is 34.4 Å². The van der Waals surface area contributed by atoms with E-state index >= 15 is 0 Å². The zero-order chi connectivity index (χ0) is 21.4. The molecule has 1 amide bonds. The average molecular weight is 414 g/mol. The van der Waals surface area contributed by atoms with Crippen LogP contribution in [0.2, 0.25) is 0 Å². The van der Waals surface area contributed by atoms with Crippen LogP contribution in [0.4, 0.5) is 5.69 Å². The van der Waals surface area contributed by atoms with E-state index in [2.05, 4.69) is 5.32 Å². The monoisotopic (exact) mass is 413 g/mol. The van der Waals surface area contributed by atoms with E-state index in [9.17, 15) is 19.5 Å². The number of carboxylic acids is 1. The number of anilines is 1. The van der Waals surface area contributed by atoms with Crippen LogP contribution in [-0.2, 0) is 16.0 Å². The van der Waals surface area contributed by atoms with Crippen LogP contribution in [0.25, 0.3) is 0 Å². The van der Waals surface area contributed by atoms with Crippen molar-refractivity contribution in [2.45, 2.75) is 33.6 Å². The molecule has 0 fully saturated rings. The Kier molecular flexibility index (Phi) is 8.46. The quantitative estimate of drug-likeness (QED) is 0.617. The number of hydrogen-bond donors (Lipinski definition) is 2. The van der Waals surface area contributed by atoms with E-state index in [0.29, 0.717) is 29.8 Å². The molecule has 0 aromatic heterocycles. The zero-order valence-electron chi connectivity index (χ0n) is 17.0. The Balaban J connectivity index is 2.16. The predicted octanol–water partition coefficient (Wildman–Crippen LogP) is 4.80. The van der Waals surface area contributed by atoms with Crippen LogP contribution >= 0.6 is 11.8 Å². The van der Waals surface area contributed by atoms with Crippen molar-refractivity contribution in [3.05, 3.63) is 65.2 Å². The summed E-state index contributed by atoms with van der Waals surface area (Å²) in [6.45, 7) is 5.65. The molecule has 2 rings (SSSR count). The predicted molar refractivity (Wildman–Crippen MR) is 117 cm³/mol. The first-order valence-electron chi connectivity index (χ1n) is 9.61. The second kappa shape index (κ2) is 10.8. The largest absolute Gasteiger partial charge is 0.478 e. The topological polar surface area (TPSA) is 83.5 Å². The Hall–Kier alpha value is -2.60. The fourth-order valence-corrected chi connectivity index (χ4v) is 4.06. The van der Waals surface area contributed by atoms with Crippen LogP contribution in [0, 0.1) is 18.8 Å². The molecule has 29 heavy (non-hydrogen) atoms. The molecule has 0 aliphatic heterocycles. The minimum absolute atomic E-state index is 0.0786. The van der Waals surface area contributed by atoms with Crippen LogP contribution in [-0.4, -0.2) is 27.9 Å². The van der Waals surface area contributed by atoms with Gasteiger partial charge in [0.15, 0.2) is 5.12 Å². The van der Waals surface area contributed by atoms with Gasteiger partial charge in [-0.25, -0.2) is 4.79 Å². The molecule has 0 aliphatic carbocycles. The third-order valence-corrected chi connectivity index (χ3v) is 5.60. The maximum atomic E-state index is 13.0. The molecular formula is C23H27NO4S. The van der Waals surface area contributed by atoms with Gasteiger partial charge in [-0.1, -0.05) is 62.0 Å². The summed E-state index contributed by atoms with van der Waals surface area (Å²) >= 11 is 1.19. The Morgan fingerprint density at radius 3 is 2.34 bits per heavy atom. The second-order valence-electron chi connectivity index (χ2n) is 7.44. The normalized spacial score (nSPS) is 11.9. The molecule has 0 aliphatic rings. The highest BCUT2D eigenvalue weighted by Gasteiger charge is 2.22. The first kappa shape index (κ1) is 22.7. The number of carboxylic acid groups (broad SMARTS) is 1. The maximum Gasteiger partial charge on any atom is 0.336 e. The molecule has 0 saturated heterocycles. The standard InChI is InChI=1S/C23H27NO4S/c1-15(2)12-21(25)29-14-18(13-17-8-5-4-6-9-17)22(26)24-20-11-7-10-19(16(20)3)23(27)28/h4-11,15,18H,12-14H2,1-3H3,(H,24,26)(H,27,28). The van der Waals surface area contributed by atoms with Crippen molar-refractivity contribution in [1.29, 1.82) is 0 Å². The van der Waals surface area contributed by atoms with Gasteiger partial charge in [-0.2, -0.15) is 0 Å².